The number of rotatable bonds is 3. The number of carbonyl (C=O) groups excluding carboxylic acids is 1. The van der Waals surface area contributed by atoms with Crippen molar-refractivity contribution in [1.29, 1.82) is 0 Å². The summed E-state index contributed by atoms with van der Waals surface area (Å²) in [7, 11) is -0.0445. The number of methoxy groups -OCH3 is 1. The summed E-state index contributed by atoms with van der Waals surface area (Å²) in [6, 6.07) is 6.66. The topological polar surface area (TPSA) is 77.2 Å². The molecule has 2 aromatic rings. The number of nitrogen functional groups attached to an aromatic ring is 1. The van der Waals surface area contributed by atoms with Crippen LogP contribution in [0.4, 0.5) is 11.5 Å². The molecule has 3 N–H and O–H groups in total. The maximum atomic E-state index is 12.6. The molecular weight excluding hydrogens is 354 g/mol. The van der Waals surface area contributed by atoms with Crippen LogP contribution in [-0.2, 0) is 0 Å². The SMILES string of the molecule is COc1cc(C#C[Si](C)(C)C)cc(C(=O)Nc2ccc(Cl)cn2)c1N. The van der Waals surface area contributed by atoms with Gasteiger partial charge in [-0.3, -0.25) is 4.79 Å². The minimum Gasteiger partial charge on any atom is -0.495 e. The Morgan fingerprint density at radius 2 is 2.04 bits per heavy atom. The van der Waals surface area contributed by atoms with E-state index in [1.54, 1.807) is 24.3 Å². The average molecular weight is 374 g/mol. The molecule has 5 nitrogen and oxygen atoms in total. The number of hydrogen-bond donors (Lipinski definition) is 2. The number of halogens is 1. The first-order chi connectivity index (χ1) is 11.7. The van der Waals surface area contributed by atoms with Gasteiger partial charge in [0, 0.05) is 11.8 Å². The second kappa shape index (κ2) is 7.60. The Balaban J connectivity index is 2.39. The van der Waals surface area contributed by atoms with Crippen molar-refractivity contribution in [3.8, 4) is 17.2 Å². The number of hydrogen-bond acceptors (Lipinski definition) is 4. The van der Waals surface area contributed by atoms with Gasteiger partial charge < -0.3 is 15.8 Å². The number of carbonyl (C=O) groups is 1. The summed E-state index contributed by atoms with van der Waals surface area (Å²) in [5.74, 6) is 3.52. The number of anilines is 2. The molecule has 1 aromatic carbocycles. The fourth-order valence-corrected chi connectivity index (χ4v) is 2.58. The smallest absolute Gasteiger partial charge is 0.259 e. The number of nitrogens with one attached hydrogen (secondary N) is 1. The molecule has 0 radical (unpaired) electrons. The third-order valence-corrected chi connectivity index (χ3v) is 4.26. The monoisotopic (exact) mass is 373 g/mol. The van der Waals surface area contributed by atoms with E-state index in [-0.39, 0.29) is 17.2 Å². The van der Waals surface area contributed by atoms with Crippen LogP contribution in [-0.4, -0.2) is 26.1 Å². The molecule has 0 unspecified atom stereocenters. The highest BCUT2D eigenvalue weighted by Gasteiger charge is 2.16. The van der Waals surface area contributed by atoms with Crippen LogP contribution in [0.3, 0.4) is 0 Å². The molecule has 0 saturated heterocycles. The van der Waals surface area contributed by atoms with Gasteiger partial charge in [0.1, 0.15) is 19.6 Å². The lowest BCUT2D eigenvalue weighted by Crippen LogP contribution is -2.17. The predicted octanol–water partition coefficient (Wildman–Crippen LogP) is 3.81. The quantitative estimate of drug-likeness (QED) is 0.487. The Kier molecular flexibility index (Phi) is 5.72. The summed E-state index contributed by atoms with van der Waals surface area (Å²) in [5.41, 5.74) is 10.5. The first kappa shape index (κ1) is 18.8. The van der Waals surface area contributed by atoms with Crippen LogP contribution < -0.4 is 15.8 Å². The summed E-state index contributed by atoms with van der Waals surface area (Å²) in [4.78, 5) is 16.6. The van der Waals surface area contributed by atoms with E-state index in [1.165, 1.54) is 13.3 Å². The normalized spacial score (nSPS) is 10.6. The largest absolute Gasteiger partial charge is 0.495 e. The lowest BCUT2D eigenvalue weighted by molar-refractivity contribution is 0.102. The third-order valence-electron chi connectivity index (χ3n) is 3.16. The van der Waals surface area contributed by atoms with Gasteiger partial charge in [-0.1, -0.05) is 37.2 Å². The van der Waals surface area contributed by atoms with Crippen molar-refractivity contribution in [1.82, 2.24) is 4.98 Å². The van der Waals surface area contributed by atoms with E-state index >= 15 is 0 Å². The first-order valence-corrected chi connectivity index (χ1v) is 11.5. The van der Waals surface area contributed by atoms with Gasteiger partial charge in [0.25, 0.3) is 5.91 Å². The molecule has 0 aliphatic rings. The zero-order valence-corrected chi connectivity index (χ0v) is 16.4. The highest BCUT2D eigenvalue weighted by atomic mass is 35.5. The fourth-order valence-electron chi connectivity index (χ4n) is 1.95. The minimum atomic E-state index is -1.55. The van der Waals surface area contributed by atoms with Gasteiger partial charge in [-0.2, -0.15) is 0 Å². The van der Waals surface area contributed by atoms with Crippen molar-refractivity contribution in [3.63, 3.8) is 0 Å². The molecule has 0 atom stereocenters. The zero-order valence-electron chi connectivity index (χ0n) is 14.6. The highest BCUT2D eigenvalue weighted by molar-refractivity contribution is 6.83. The van der Waals surface area contributed by atoms with Crippen LogP contribution in [0, 0.1) is 11.5 Å². The van der Waals surface area contributed by atoms with Crippen LogP contribution in [0.1, 0.15) is 15.9 Å². The van der Waals surface area contributed by atoms with Crippen molar-refractivity contribution in [2.24, 2.45) is 0 Å². The summed E-state index contributed by atoms with van der Waals surface area (Å²) < 4.78 is 5.28. The fraction of sp³-hybridized carbons (Fsp3) is 0.222. The number of aromatic nitrogens is 1. The third kappa shape index (κ3) is 5.24. The highest BCUT2D eigenvalue weighted by Crippen LogP contribution is 2.28. The van der Waals surface area contributed by atoms with E-state index in [9.17, 15) is 4.79 Å². The second-order valence-electron chi connectivity index (χ2n) is 6.46. The van der Waals surface area contributed by atoms with Gasteiger partial charge in [0.2, 0.25) is 0 Å². The second-order valence-corrected chi connectivity index (χ2v) is 11.6. The Labute approximate surface area is 153 Å². The van der Waals surface area contributed by atoms with Gasteiger partial charge >= 0.3 is 0 Å². The van der Waals surface area contributed by atoms with Crippen LogP contribution >= 0.6 is 11.6 Å². The summed E-state index contributed by atoms with van der Waals surface area (Å²) >= 11 is 5.80. The molecule has 2 rings (SSSR count). The van der Waals surface area contributed by atoms with Crippen LogP contribution in [0.15, 0.2) is 30.5 Å². The Bertz CT molecular complexity index is 850. The van der Waals surface area contributed by atoms with Gasteiger partial charge in [0.05, 0.1) is 23.4 Å². The Hall–Kier alpha value is -2.49. The standard InChI is InChI=1S/C18H20ClN3O2Si/c1-24-15-10-12(7-8-25(2,3)4)9-14(17(15)20)18(23)22-16-6-5-13(19)11-21-16/h5-6,9-11H,20H2,1-4H3,(H,21,22,23). The van der Waals surface area contributed by atoms with Gasteiger partial charge in [-0.05, 0) is 24.3 Å². The first-order valence-electron chi connectivity index (χ1n) is 7.63. The van der Waals surface area contributed by atoms with E-state index in [4.69, 9.17) is 22.1 Å². The van der Waals surface area contributed by atoms with E-state index < -0.39 is 8.07 Å². The maximum Gasteiger partial charge on any atom is 0.259 e. The number of nitrogens with zero attached hydrogens (tertiary/aromatic N) is 1. The van der Waals surface area contributed by atoms with Gasteiger partial charge in [-0.25, -0.2) is 4.98 Å². The molecule has 7 heteroatoms. The molecular formula is C18H20ClN3O2Si. The summed E-state index contributed by atoms with van der Waals surface area (Å²) in [5, 5.41) is 3.18. The average Bonchev–Trinajstić information content (AvgIpc) is 2.55. The van der Waals surface area contributed by atoms with Gasteiger partial charge in [-0.15, -0.1) is 5.54 Å². The van der Waals surface area contributed by atoms with Crippen molar-refractivity contribution in [3.05, 3.63) is 46.6 Å². The molecule has 0 saturated carbocycles. The van der Waals surface area contributed by atoms with Crippen molar-refractivity contribution < 1.29 is 9.53 Å². The number of benzene rings is 1. The molecule has 0 spiro atoms. The predicted molar refractivity (Wildman–Crippen MR) is 105 cm³/mol. The zero-order chi connectivity index (χ0) is 18.6. The van der Waals surface area contributed by atoms with Crippen molar-refractivity contribution >= 4 is 37.1 Å². The lowest BCUT2D eigenvalue weighted by atomic mass is 10.1. The Morgan fingerprint density at radius 1 is 1.32 bits per heavy atom. The maximum absolute atomic E-state index is 12.6. The van der Waals surface area contributed by atoms with E-state index in [2.05, 4.69) is 41.4 Å². The molecule has 0 aliphatic carbocycles. The minimum absolute atomic E-state index is 0.257. The molecule has 0 aliphatic heterocycles. The molecule has 1 aromatic heterocycles. The molecule has 1 amide bonds. The van der Waals surface area contributed by atoms with Crippen molar-refractivity contribution in [2.45, 2.75) is 19.6 Å². The molecule has 1 heterocycles. The van der Waals surface area contributed by atoms with E-state index in [0.717, 1.165) is 0 Å². The van der Waals surface area contributed by atoms with Gasteiger partial charge in [0.15, 0.2) is 0 Å². The molecule has 0 bridgehead atoms. The van der Waals surface area contributed by atoms with Crippen LogP contribution in [0.2, 0.25) is 24.7 Å². The molecule has 0 fully saturated rings. The Morgan fingerprint density at radius 3 is 2.60 bits per heavy atom. The molecule has 25 heavy (non-hydrogen) atoms. The van der Waals surface area contributed by atoms with E-state index in [1.807, 2.05) is 0 Å². The van der Waals surface area contributed by atoms with Crippen LogP contribution in [0.5, 0.6) is 5.75 Å². The number of pyridine rings is 1. The lowest BCUT2D eigenvalue weighted by Gasteiger charge is -2.12. The number of nitrogens with two attached hydrogens (primary N) is 1. The van der Waals surface area contributed by atoms with Crippen LogP contribution in [0.25, 0.3) is 0 Å². The summed E-state index contributed by atoms with van der Waals surface area (Å²) in [6.45, 7) is 6.44. The number of amides is 1. The number of ether oxygens (including phenoxy) is 1. The van der Waals surface area contributed by atoms with E-state index in [0.29, 0.717) is 22.2 Å². The summed E-state index contributed by atoms with van der Waals surface area (Å²) in [6.07, 6.45) is 1.46. The molecule has 130 valence electrons. The van der Waals surface area contributed by atoms with Crippen molar-refractivity contribution in [2.75, 3.05) is 18.2 Å².